The Labute approximate surface area is 51.5 Å². The van der Waals surface area contributed by atoms with Crippen molar-refractivity contribution >= 4 is 0 Å². The second kappa shape index (κ2) is 5.06. The van der Waals surface area contributed by atoms with Gasteiger partial charge in [0.2, 0.25) is 0 Å². The van der Waals surface area contributed by atoms with Crippen molar-refractivity contribution in [3.05, 3.63) is 0 Å². The minimum atomic E-state index is 0.528. The van der Waals surface area contributed by atoms with Gasteiger partial charge in [0, 0.05) is 12.6 Å². The van der Waals surface area contributed by atoms with Gasteiger partial charge in [0.05, 0.1) is 0 Å². The second-order valence-corrected chi connectivity index (χ2v) is 2.01. The lowest BCUT2D eigenvalue weighted by molar-refractivity contribution is 0.525. The van der Waals surface area contributed by atoms with Gasteiger partial charge in [-0.15, -0.1) is 0 Å². The fourth-order valence-electron chi connectivity index (χ4n) is 0.729. The number of rotatable bonds is 4. The molecule has 0 saturated carbocycles. The molecule has 0 rings (SSSR count). The van der Waals surface area contributed by atoms with Crippen molar-refractivity contribution in [1.82, 2.24) is 5.32 Å². The summed E-state index contributed by atoms with van der Waals surface area (Å²) in [5.74, 6) is 0. The minimum absolute atomic E-state index is 0.528. The SMILES string of the molecule is CCC[C@@H](CN)NC. The number of nitrogens with two attached hydrogens (primary N) is 1. The molecule has 0 aromatic carbocycles. The quantitative estimate of drug-likeness (QED) is 0.555. The first-order chi connectivity index (χ1) is 3.85. The molecule has 0 aliphatic rings. The molecule has 0 aliphatic heterocycles. The van der Waals surface area contributed by atoms with Gasteiger partial charge in [0.25, 0.3) is 0 Å². The third-order valence-corrected chi connectivity index (χ3v) is 1.33. The van der Waals surface area contributed by atoms with Gasteiger partial charge in [-0.05, 0) is 13.5 Å². The maximum absolute atomic E-state index is 5.41. The first-order valence-electron chi connectivity index (χ1n) is 3.22. The van der Waals surface area contributed by atoms with Gasteiger partial charge in [0.1, 0.15) is 0 Å². The van der Waals surface area contributed by atoms with Gasteiger partial charge in [-0.2, -0.15) is 0 Å². The Morgan fingerprint density at radius 3 is 2.38 bits per heavy atom. The van der Waals surface area contributed by atoms with Gasteiger partial charge >= 0.3 is 0 Å². The lowest BCUT2D eigenvalue weighted by Crippen LogP contribution is -2.32. The van der Waals surface area contributed by atoms with E-state index in [1.807, 2.05) is 7.05 Å². The summed E-state index contributed by atoms with van der Waals surface area (Å²) in [6, 6.07) is 0.528. The normalized spacial score (nSPS) is 13.9. The fraction of sp³-hybridized carbons (Fsp3) is 1.00. The molecule has 0 saturated heterocycles. The largest absolute Gasteiger partial charge is 0.329 e. The highest BCUT2D eigenvalue weighted by Crippen LogP contribution is 1.91. The van der Waals surface area contributed by atoms with Crippen molar-refractivity contribution in [3.8, 4) is 0 Å². The van der Waals surface area contributed by atoms with E-state index in [1.165, 1.54) is 12.8 Å². The van der Waals surface area contributed by atoms with Gasteiger partial charge in [-0.25, -0.2) is 0 Å². The molecular weight excluding hydrogens is 100 g/mol. The standard InChI is InChI=1S/C6H16N2/c1-3-4-6(5-7)8-2/h6,8H,3-5,7H2,1-2H3/t6-/m0/s1. The highest BCUT2D eigenvalue weighted by atomic mass is 14.9. The molecule has 2 nitrogen and oxygen atoms in total. The van der Waals surface area contributed by atoms with Crippen LogP contribution in [0.3, 0.4) is 0 Å². The fourth-order valence-corrected chi connectivity index (χ4v) is 0.729. The number of hydrogen-bond donors (Lipinski definition) is 2. The summed E-state index contributed by atoms with van der Waals surface area (Å²) in [7, 11) is 1.95. The van der Waals surface area contributed by atoms with Crippen LogP contribution >= 0.6 is 0 Å². The lowest BCUT2D eigenvalue weighted by atomic mass is 10.2. The second-order valence-electron chi connectivity index (χ2n) is 2.01. The van der Waals surface area contributed by atoms with Gasteiger partial charge in [-0.1, -0.05) is 13.3 Å². The Morgan fingerprint density at radius 2 is 2.25 bits per heavy atom. The summed E-state index contributed by atoms with van der Waals surface area (Å²) in [6.45, 7) is 2.92. The molecule has 0 bridgehead atoms. The van der Waals surface area contributed by atoms with E-state index in [9.17, 15) is 0 Å². The molecule has 0 aromatic heterocycles. The summed E-state index contributed by atoms with van der Waals surface area (Å²) in [6.07, 6.45) is 2.40. The van der Waals surface area contributed by atoms with Crippen molar-refractivity contribution < 1.29 is 0 Å². The first kappa shape index (κ1) is 7.92. The molecule has 0 unspecified atom stereocenters. The summed E-state index contributed by atoms with van der Waals surface area (Å²) < 4.78 is 0. The molecule has 3 N–H and O–H groups in total. The van der Waals surface area contributed by atoms with Crippen LogP contribution < -0.4 is 11.1 Å². The number of likely N-dealkylation sites (N-methyl/N-ethyl adjacent to an activating group) is 1. The summed E-state index contributed by atoms with van der Waals surface area (Å²) in [5, 5.41) is 3.13. The maximum atomic E-state index is 5.41. The van der Waals surface area contributed by atoms with E-state index >= 15 is 0 Å². The average molecular weight is 116 g/mol. The molecular formula is C6H16N2. The first-order valence-corrected chi connectivity index (χ1v) is 3.22. The zero-order chi connectivity index (χ0) is 6.41. The molecule has 0 aliphatic carbocycles. The summed E-state index contributed by atoms with van der Waals surface area (Å²) in [5.41, 5.74) is 5.41. The zero-order valence-electron chi connectivity index (χ0n) is 5.78. The van der Waals surface area contributed by atoms with E-state index in [1.54, 1.807) is 0 Å². The predicted octanol–water partition coefficient (Wildman–Crippen LogP) is 0.333. The van der Waals surface area contributed by atoms with E-state index in [0.29, 0.717) is 6.04 Å². The molecule has 1 atom stereocenters. The number of hydrogen-bond acceptors (Lipinski definition) is 2. The van der Waals surface area contributed by atoms with Gasteiger partial charge in [-0.3, -0.25) is 0 Å². The van der Waals surface area contributed by atoms with Crippen molar-refractivity contribution in [1.29, 1.82) is 0 Å². The van der Waals surface area contributed by atoms with E-state index in [2.05, 4.69) is 12.2 Å². The Hall–Kier alpha value is -0.0800. The highest BCUT2D eigenvalue weighted by Gasteiger charge is 1.97. The maximum Gasteiger partial charge on any atom is 0.0187 e. The van der Waals surface area contributed by atoms with E-state index in [0.717, 1.165) is 6.54 Å². The predicted molar refractivity (Wildman–Crippen MR) is 36.8 cm³/mol. The monoisotopic (exact) mass is 116 g/mol. The molecule has 0 radical (unpaired) electrons. The third-order valence-electron chi connectivity index (χ3n) is 1.33. The Balaban J connectivity index is 3.07. The average Bonchev–Trinajstić information content (AvgIpc) is 1.83. The Morgan fingerprint density at radius 1 is 1.62 bits per heavy atom. The Kier molecular flexibility index (Phi) is 5.01. The van der Waals surface area contributed by atoms with E-state index < -0.39 is 0 Å². The lowest BCUT2D eigenvalue weighted by Gasteiger charge is -2.10. The summed E-state index contributed by atoms with van der Waals surface area (Å²) in [4.78, 5) is 0. The molecule has 0 spiro atoms. The van der Waals surface area contributed by atoms with Gasteiger partial charge < -0.3 is 11.1 Å². The van der Waals surface area contributed by atoms with Crippen LogP contribution in [0.15, 0.2) is 0 Å². The van der Waals surface area contributed by atoms with Crippen LogP contribution in [0.2, 0.25) is 0 Å². The van der Waals surface area contributed by atoms with Crippen molar-refractivity contribution in [2.75, 3.05) is 13.6 Å². The smallest absolute Gasteiger partial charge is 0.0187 e. The third kappa shape index (κ3) is 2.99. The molecule has 2 heteroatoms. The van der Waals surface area contributed by atoms with Gasteiger partial charge in [0.15, 0.2) is 0 Å². The van der Waals surface area contributed by atoms with Crippen LogP contribution in [0.4, 0.5) is 0 Å². The van der Waals surface area contributed by atoms with E-state index in [-0.39, 0.29) is 0 Å². The molecule has 50 valence electrons. The number of nitrogens with one attached hydrogen (secondary N) is 1. The van der Waals surface area contributed by atoms with Crippen molar-refractivity contribution in [3.63, 3.8) is 0 Å². The molecule has 0 fully saturated rings. The van der Waals surface area contributed by atoms with Crippen LogP contribution in [0.5, 0.6) is 0 Å². The van der Waals surface area contributed by atoms with Crippen LogP contribution in [0.1, 0.15) is 19.8 Å². The summed E-state index contributed by atoms with van der Waals surface area (Å²) >= 11 is 0. The molecule has 0 aromatic rings. The molecule has 8 heavy (non-hydrogen) atoms. The van der Waals surface area contributed by atoms with Crippen LogP contribution in [-0.2, 0) is 0 Å². The minimum Gasteiger partial charge on any atom is -0.329 e. The Bertz CT molecular complexity index is 41.8. The molecule has 0 heterocycles. The topological polar surface area (TPSA) is 38.0 Å². The highest BCUT2D eigenvalue weighted by molar-refractivity contribution is 4.62. The van der Waals surface area contributed by atoms with Crippen molar-refractivity contribution in [2.24, 2.45) is 5.73 Å². The van der Waals surface area contributed by atoms with Crippen LogP contribution in [0.25, 0.3) is 0 Å². The van der Waals surface area contributed by atoms with Crippen LogP contribution in [-0.4, -0.2) is 19.6 Å². The zero-order valence-corrected chi connectivity index (χ0v) is 5.78. The van der Waals surface area contributed by atoms with Crippen molar-refractivity contribution in [2.45, 2.75) is 25.8 Å². The van der Waals surface area contributed by atoms with Crippen LogP contribution in [0, 0.1) is 0 Å². The van der Waals surface area contributed by atoms with E-state index in [4.69, 9.17) is 5.73 Å². The molecule has 0 amide bonds.